The van der Waals surface area contributed by atoms with Gasteiger partial charge in [-0.05, 0) is 36.2 Å². The first-order valence-electron chi connectivity index (χ1n) is 8.66. The maximum Gasteiger partial charge on any atom is 0.196 e. The molecule has 0 aliphatic rings. The Morgan fingerprint density at radius 1 is 0.889 bits per heavy atom. The molecular weight excluding hydrogens is 357 g/mol. The van der Waals surface area contributed by atoms with Crippen molar-refractivity contribution in [2.45, 2.75) is 17.8 Å². The molecule has 5 heteroatoms. The lowest BCUT2D eigenvalue weighted by Crippen LogP contribution is -2.00. The van der Waals surface area contributed by atoms with Gasteiger partial charge in [0.1, 0.15) is 5.82 Å². The van der Waals surface area contributed by atoms with Crippen molar-refractivity contribution in [2.75, 3.05) is 0 Å². The van der Waals surface area contributed by atoms with Gasteiger partial charge in [0.15, 0.2) is 11.0 Å². The Morgan fingerprint density at radius 3 is 2.44 bits per heavy atom. The van der Waals surface area contributed by atoms with Gasteiger partial charge in [0.25, 0.3) is 0 Å². The van der Waals surface area contributed by atoms with Crippen molar-refractivity contribution in [3.8, 4) is 17.1 Å². The van der Waals surface area contributed by atoms with Crippen LogP contribution < -0.4 is 0 Å². The van der Waals surface area contributed by atoms with Crippen LogP contribution in [0.15, 0.2) is 84.0 Å². The number of nitrogens with zero attached hydrogens (tertiary/aromatic N) is 3. The number of hydrogen-bond donors (Lipinski definition) is 0. The van der Waals surface area contributed by atoms with Crippen LogP contribution in [0.1, 0.15) is 11.1 Å². The molecular formula is C22H18FN3S. The zero-order chi connectivity index (χ0) is 18.6. The Balaban J connectivity index is 1.75. The van der Waals surface area contributed by atoms with E-state index in [9.17, 15) is 4.39 Å². The molecule has 27 heavy (non-hydrogen) atoms. The van der Waals surface area contributed by atoms with Crippen LogP contribution in [-0.4, -0.2) is 14.8 Å². The fourth-order valence-electron chi connectivity index (χ4n) is 2.90. The van der Waals surface area contributed by atoms with Gasteiger partial charge in [0.05, 0.1) is 0 Å². The van der Waals surface area contributed by atoms with E-state index < -0.39 is 0 Å². The van der Waals surface area contributed by atoms with Gasteiger partial charge in [-0.1, -0.05) is 72.4 Å². The summed E-state index contributed by atoms with van der Waals surface area (Å²) >= 11 is 1.48. The number of rotatable bonds is 5. The Bertz CT molecular complexity index is 1060. The van der Waals surface area contributed by atoms with E-state index in [4.69, 9.17) is 0 Å². The number of aryl methyl sites for hydroxylation is 1. The number of aromatic nitrogens is 3. The first-order chi connectivity index (χ1) is 13.2. The van der Waals surface area contributed by atoms with Gasteiger partial charge in [-0.2, -0.15) is 0 Å². The molecule has 0 saturated carbocycles. The minimum atomic E-state index is -0.199. The van der Waals surface area contributed by atoms with Gasteiger partial charge >= 0.3 is 0 Å². The van der Waals surface area contributed by atoms with E-state index in [1.165, 1.54) is 17.8 Å². The lowest BCUT2D eigenvalue weighted by atomic mass is 10.2. The maximum atomic E-state index is 14.0. The molecule has 0 radical (unpaired) electrons. The second-order valence-corrected chi connectivity index (χ2v) is 7.17. The van der Waals surface area contributed by atoms with Crippen LogP contribution in [0.4, 0.5) is 4.39 Å². The van der Waals surface area contributed by atoms with E-state index in [1.54, 1.807) is 12.1 Å². The zero-order valence-corrected chi connectivity index (χ0v) is 15.7. The minimum Gasteiger partial charge on any atom is -0.270 e. The molecule has 0 aliphatic carbocycles. The molecule has 1 aromatic heterocycles. The van der Waals surface area contributed by atoms with Gasteiger partial charge in [0, 0.05) is 17.0 Å². The maximum absolute atomic E-state index is 14.0. The number of benzene rings is 3. The topological polar surface area (TPSA) is 30.7 Å². The summed E-state index contributed by atoms with van der Waals surface area (Å²) in [6, 6.07) is 25.0. The molecule has 0 saturated heterocycles. The fraction of sp³-hybridized carbons (Fsp3) is 0.0909. The van der Waals surface area contributed by atoms with Crippen LogP contribution in [0, 0.1) is 12.7 Å². The van der Waals surface area contributed by atoms with Crippen LogP contribution in [0.5, 0.6) is 0 Å². The molecule has 0 bridgehead atoms. The van der Waals surface area contributed by atoms with Crippen molar-refractivity contribution in [3.05, 3.63) is 95.8 Å². The minimum absolute atomic E-state index is 0.199. The largest absolute Gasteiger partial charge is 0.270 e. The summed E-state index contributed by atoms with van der Waals surface area (Å²) in [7, 11) is 0. The van der Waals surface area contributed by atoms with Gasteiger partial charge in [0.2, 0.25) is 0 Å². The predicted molar refractivity (Wildman–Crippen MR) is 107 cm³/mol. The van der Waals surface area contributed by atoms with Gasteiger partial charge in [-0.3, -0.25) is 4.57 Å². The van der Waals surface area contributed by atoms with Crippen LogP contribution >= 0.6 is 11.8 Å². The lowest BCUT2D eigenvalue weighted by molar-refractivity contribution is 0.617. The van der Waals surface area contributed by atoms with Gasteiger partial charge < -0.3 is 0 Å². The molecule has 4 aromatic rings. The standard InChI is InChI=1S/C22H18FN3S/c1-16-8-7-12-19(14-16)26-21(17-9-3-2-4-10-17)24-25-22(26)27-15-18-11-5-6-13-20(18)23/h2-14H,15H2,1H3. The third-order valence-electron chi connectivity index (χ3n) is 4.24. The highest BCUT2D eigenvalue weighted by atomic mass is 32.2. The molecule has 134 valence electrons. The van der Waals surface area contributed by atoms with Crippen molar-refractivity contribution in [2.24, 2.45) is 0 Å². The SMILES string of the molecule is Cc1cccc(-n2c(SCc3ccccc3F)nnc2-c2ccccc2)c1. The highest BCUT2D eigenvalue weighted by molar-refractivity contribution is 7.98. The van der Waals surface area contributed by atoms with Crippen molar-refractivity contribution < 1.29 is 4.39 Å². The first-order valence-corrected chi connectivity index (χ1v) is 9.65. The molecule has 0 aliphatic heterocycles. The van der Waals surface area contributed by atoms with Crippen molar-refractivity contribution in [1.29, 1.82) is 0 Å². The highest BCUT2D eigenvalue weighted by Crippen LogP contribution is 2.30. The Hall–Kier alpha value is -2.92. The highest BCUT2D eigenvalue weighted by Gasteiger charge is 2.16. The van der Waals surface area contributed by atoms with Crippen molar-refractivity contribution >= 4 is 11.8 Å². The molecule has 0 unspecified atom stereocenters. The Labute approximate surface area is 161 Å². The molecule has 0 amide bonds. The zero-order valence-electron chi connectivity index (χ0n) is 14.8. The van der Waals surface area contributed by atoms with Crippen LogP contribution in [0.2, 0.25) is 0 Å². The van der Waals surface area contributed by atoms with Gasteiger partial charge in [-0.15, -0.1) is 10.2 Å². The summed E-state index contributed by atoms with van der Waals surface area (Å²) in [5.41, 5.74) is 3.80. The van der Waals surface area contributed by atoms with E-state index in [0.717, 1.165) is 27.8 Å². The van der Waals surface area contributed by atoms with Crippen molar-refractivity contribution in [1.82, 2.24) is 14.8 Å². The monoisotopic (exact) mass is 375 g/mol. The third-order valence-corrected chi connectivity index (χ3v) is 5.22. The van der Waals surface area contributed by atoms with Gasteiger partial charge in [-0.25, -0.2) is 4.39 Å². The van der Waals surface area contributed by atoms with E-state index in [0.29, 0.717) is 11.3 Å². The molecule has 0 fully saturated rings. The Morgan fingerprint density at radius 2 is 1.67 bits per heavy atom. The van der Waals surface area contributed by atoms with Crippen LogP contribution in [0.25, 0.3) is 17.1 Å². The fourth-order valence-corrected chi connectivity index (χ4v) is 3.83. The molecule has 1 heterocycles. The van der Waals surface area contributed by atoms with E-state index >= 15 is 0 Å². The van der Waals surface area contributed by atoms with E-state index in [1.807, 2.05) is 53.1 Å². The number of halogens is 1. The molecule has 3 aromatic carbocycles. The van der Waals surface area contributed by atoms with Crippen LogP contribution in [-0.2, 0) is 5.75 Å². The smallest absolute Gasteiger partial charge is 0.196 e. The molecule has 0 spiro atoms. The average molecular weight is 375 g/mol. The third kappa shape index (κ3) is 3.78. The summed E-state index contributed by atoms with van der Waals surface area (Å²) < 4.78 is 16.0. The van der Waals surface area contributed by atoms with E-state index in [-0.39, 0.29) is 5.82 Å². The summed E-state index contributed by atoms with van der Waals surface area (Å²) in [6.07, 6.45) is 0. The van der Waals surface area contributed by atoms with Crippen LogP contribution in [0.3, 0.4) is 0 Å². The summed E-state index contributed by atoms with van der Waals surface area (Å²) in [6.45, 7) is 2.06. The van der Waals surface area contributed by atoms with E-state index in [2.05, 4.69) is 29.3 Å². The second kappa shape index (κ2) is 7.76. The molecule has 0 N–H and O–H groups in total. The molecule has 4 rings (SSSR count). The quantitative estimate of drug-likeness (QED) is 0.421. The Kier molecular flexibility index (Phi) is 5.03. The normalized spacial score (nSPS) is 10.9. The lowest BCUT2D eigenvalue weighted by Gasteiger charge is -2.11. The second-order valence-electron chi connectivity index (χ2n) is 6.23. The first kappa shape index (κ1) is 17.5. The molecule has 3 nitrogen and oxygen atoms in total. The number of hydrogen-bond acceptors (Lipinski definition) is 3. The summed E-state index contributed by atoms with van der Waals surface area (Å²) in [5.74, 6) is 1.07. The van der Waals surface area contributed by atoms with Crippen molar-refractivity contribution in [3.63, 3.8) is 0 Å². The average Bonchev–Trinajstić information content (AvgIpc) is 3.12. The number of thioether (sulfide) groups is 1. The predicted octanol–water partition coefficient (Wildman–Crippen LogP) is 5.67. The molecule has 0 atom stereocenters. The summed E-state index contributed by atoms with van der Waals surface area (Å²) in [5, 5.41) is 9.56. The summed E-state index contributed by atoms with van der Waals surface area (Å²) in [4.78, 5) is 0.